The molecule has 0 bridgehead atoms. The minimum absolute atomic E-state index is 0.0210. The van der Waals surface area contributed by atoms with Gasteiger partial charge in [0.05, 0.1) is 0 Å². The summed E-state index contributed by atoms with van der Waals surface area (Å²) in [7, 11) is 9.67. The molecule has 0 saturated heterocycles. The van der Waals surface area contributed by atoms with Crippen LogP contribution in [-0.2, 0) is 76.7 Å². The van der Waals surface area contributed by atoms with Gasteiger partial charge >= 0.3 is 47.8 Å². The second kappa shape index (κ2) is 60.0. The van der Waals surface area contributed by atoms with Gasteiger partial charge in [-0.3, -0.25) is 95.9 Å². The first kappa shape index (κ1) is 104. The monoisotopic (exact) mass is 1790 g/mol. The number of carboxylic acid groups (broad SMARTS) is 8. The molecule has 0 spiro atoms. The number of carbonyl (C=O) groups is 20. The Morgan fingerprint density at radius 2 is 0.474 bits per heavy atom. The summed E-state index contributed by atoms with van der Waals surface area (Å²) in [5, 5.41) is 100. The van der Waals surface area contributed by atoms with Gasteiger partial charge < -0.3 is 128 Å². The highest BCUT2D eigenvalue weighted by molar-refractivity contribution is 8.77. The fourth-order valence-corrected chi connectivity index (χ4v) is 16.4. The summed E-state index contributed by atoms with van der Waals surface area (Å²) >= 11 is 0. The fraction of sp³-hybridized carbons (Fsp3) is 0.500. The minimum atomic E-state index is -1.29. The van der Waals surface area contributed by atoms with E-state index in [0.717, 1.165) is 0 Å². The third-order valence-corrected chi connectivity index (χ3v) is 23.9. The zero-order valence-corrected chi connectivity index (χ0v) is 68.1. The number of aliphatic carboxylic acids is 8. The lowest BCUT2D eigenvalue weighted by Crippen LogP contribution is -2.49. The fourth-order valence-electron chi connectivity index (χ4n) is 8.12. The van der Waals surface area contributed by atoms with Gasteiger partial charge in [-0.2, -0.15) is 0 Å². The quantitative estimate of drug-likeness (QED) is 0.0219. The zero-order chi connectivity index (χ0) is 87.2. The third kappa shape index (κ3) is 49.4. The summed E-state index contributed by atoms with van der Waals surface area (Å²) in [6, 6.07) is 2.27. The summed E-state index contributed by atoms with van der Waals surface area (Å²) in [4.78, 5) is 237. The van der Waals surface area contributed by atoms with Gasteiger partial charge in [0.15, 0.2) is 0 Å². The highest BCUT2D eigenvalue weighted by Crippen LogP contribution is 2.25. The highest BCUT2D eigenvalue weighted by Gasteiger charge is 2.28. The summed E-state index contributed by atoms with van der Waals surface area (Å²) < 4.78 is 0. The molecule has 0 heterocycles. The van der Waals surface area contributed by atoms with E-state index in [1.165, 1.54) is 135 Å². The van der Waals surface area contributed by atoms with Crippen molar-refractivity contribution in [3.8, 4) is 0 Å². The van der Waals surface area contributed by atoms with Crippen molar-refractivity contribution in [1.29, 1.82) is 0 Å². The van der Waals surface area contributed by atoms with Crippen molar-refractivity contribution >= 4 is 205 Å². The molecule has 0 aliphatic heterocycles. The van der Waals surface area contributed by atoms with Crippen LogP contribution in [0.25, 0.3) is 0 Å². The first-order chi connectivity index (χ1) is 54.8. The molecule has 644 valence electrons. The van der Waals surface area contributed by atoms with Gasteiger partial charge in [0.25, 0.3) is 23.6 Å². The summed E-state index contributed by atoms with van der Waals surface area (Å²) in [6.45, 7) is -1.98. The molecule has 116 heavy (non-hydrogen) atoms. The van der Waals surface area contributed by atoms with Gasteiger partial charge in [0.1, 0.15) is 74.5 Å². The van der Waals surface area contributed by atoms with E-state index >= 15 is 0 Å². The number of benzene rings is 2. The molecule has 8 unspecified atom stereocenters. The molecule has 2 aromatic carbocycles. The van der Waals surface area contributed by atoms with Crippen molar-refractivity contribution < 1.29 is 137 Å². The number of nitrogens with two attached hydrogens (primary N) is 4. The van der Waals surface area contributed by atoms with E-state index in [-0.39, 0.29) is 123 Å². The van der Waals surface area contributed by atoms with Crippen molar-refractivity contribution in [2.75, 3.05) is 98.4 Å². The van der Waals surface area contributed by atoms with E-state index in [0.29, 0.717) is 23.0 Å². The lowest BCUT2D eigenvalue weighted by Gasteiger charge is -2.18. The molecule has 2 aromatic rings. The van der Waals surface area contributed by atoms with E-state index in [2.05, 4.69) is 63.8 Å². The molecule has 8 atom stereocenters. The SMILES string of the molecule is NC(CCC(=O)NC(CSSCCNC(=O)c1cccc(C(=O)NCCSSCC(NC(=O)CCC(N)C(=O)O)C(=O)NCC(=O)O)c1)C(=O)NCC(=O)O)C(=O)O.NC(CCC(=O)NC(CSSCCNC(=O)c1cccc(C(=O)NCCSSCC(NC(=O)CCC(N)C(=O)O)C(=O)NCC(=O)O)c1)C(=O)NCC(=O)O)C(=O)O. The lowest BCUT2D eigenvalue weighted by molar-refractivity contribution is -0.140. The molecule has 0 saturated carbocycles. The van der Waals surface area contributed by atoms with E-state index in [1.54, 1.807) is 0 Å². The van der Waals surface area contributed by atoms with E-state index in [1.807, 2.05) is 0 Å². The Morgan fingerprint density at radius 3 is 0.647 bits per heavy atom. The summed E-state index contributed by atoms with van der Waals surface area (Å²) in [6.07, 6.45) is -1.79. The first-order valence-electron chi connectivity index (χ1n) is 34.2. The number of hydrogen-bond acceptors (Lipinski definition) is 32. The normalized spacial score (nSPS) is 12.7. The van der Waals surface area contributed by atoms with Crippen LogP contribution in [-0.4, -0.2) is 306 Å². The van der Waals surface area contributed by atoms with Crippen molar-refractivity contribution in [2.24, 2.45) is 22.9 Å². The van der Waals surface area contributed by atoms with Crippen LogP contribution in [0.1, 0.15) is 92.8 Å². The number of hydrogen-bond donors (Lipinski definition) is 24. The average molecular weight is 1790 g/mol. The van der Waals surface area contributed by atoms with Crippen LogP contribution in [0.4, 0.5) is 0 Å². The Hall–Kier alpha value is -9.52. The first-order valence-corrected chi connectivity index (χ1v) is 44.2. The van der Waals surface area contributed by atoms with Crippen LogP contribution in [0.3, 0.4) is 0 Å². The molecule has 0 fully saturated rings. The molecule has 2 rings (SSSR count). The van der Waals surface area contributed by atoms with Crippen LogP contribution in [0.5, 0.6) is 0 Å². The van der Waals surface area contributed by atoms with Gasteiger partial charge in [-0.15, -0.1) is 0 Å². The maximum absolute atomic E-state index is 12.7. The van der Waals surface area contributed by atoms with Crippen molar-refractivity contribution in [3.05, 3.63) is 70.8 Å². The molecule has 52 heteroatoms. The Labute approximate surface area is 693 Å². The molecule has 0 aliphatic carbocycles. The second-order valence-corrected chi connectivity index (χ2v) is 34.0. The van der Waals surface area contributed by atoms with Crippen LogP contribution in [0.2, 0.25) is 0 Å². The molecule has 0 aliphatic rings. The lowest BCUT2D eigenvalue weighted by atomic mass is 10.1. The van der Waals surface area contributed by atoms with Crippen LogP contribution < -0.4 is 86.7 Å². The number of carboxylic acids is 8. The van der Waals surface area contributed by atoms with Gasteiger partial charge in [-0.25, -0.2) is 0 Å². The molecule has 0 aromatic heterocycles. The van der Waals surface area contributed by atoms with Gasteiger partial charge in [0, 0.05) is 120 Å². The maximum Gasteiger partial charge on any atom is 0.322 e. The van der Waals surface area contributed by atoms with E-state index in [4.69, 9.17) is 63.8 Å². The second-order valence-electron chi connectivity index (χ2n) is 23.5. The molecular weight excluding hydrogens is 1700 g/mol. The molecule has 12 amide bonds. The smallest absolute Gasteiger partial charge is 0.322 e. The average Bonchev–Trinajstić information content (AvgIpc) is 0.862. The van der Waals surface area contributed by atoms with Gasteiger partial charge in [0.2, 0.25) is 47.3 Å². The number of nitrogens with one attached hydrogen (secondary N) is 12. The van der Waals surface area contributed by atoms with Crippen LogP contribution in [0.15, 0.2) is 48.5 Å². The highest BCUT2D eigenvalue weighted by atomic mass is 33.1. The maximum atomic E-state index is 12.7. The minimum Gasteiger partial charge on any atom is -0.480 e. The Kier molecular flexibility index (Phi) is 54.1. The van der Waals surface area contributed by atoms with Crippen molar-refractivity contribution in [2.45, 2.75) is 99.7 Å². The molecule has 44 nitrogen and oxygen atoms in total. The number of rotatable bonds is 60. The van der Waals surface area contributed by atoms with Crippen molar-refractivity contribution in [1.82, 2.24) is 63.8 Å². The topological polar surface area (TPSA) is 752 Å². The number of amides is 12. The summed E-state index contributed by atoms with van der Waals surface area (Å²) in [5.74, 6) is -16.3. The molecular formula is C64H92N16O28S8. The predicted octanol–water partition coefficient (Wildman–Crippen LogP) is -4.67. The Morgan fingerprint density at radius 1 is 0.284 bits per heavy atom. The van der Waals surface area contributed by atoms with Crippen LogP contribution in [0, 0.1) is 0 Å². The van der Waals surface area contributed by atoms with Crippen LogP contribution >= 0.6 is 86.4 Å². The van der Waals surface area contributed by atoms with Gasteiger partial charge in [-0.05, 0) is 62.1 Å². The summed E-state index contributed by atoms with van der Waals surface area (Å²) in [5.41, 5.74) is 22.4. The third-order valence-electron chi connectivity index (χ3n) is 14.2. The zero-order valence-electron chi connectivity index (χ0n) is 61.5. The standard InChI is InChI=1S/2C32H46N8O14S4/c2*33-19(31(51)52)4-6-23(41)39-21(29(49)37-13-25(43)44)15-57-55-10-8-35-27(47)17-2-1-3-18(12-17)28(48)36-9-11-56-58-16-22(30(50)38-14-26(45)46)40-24(42)7-5-20(34)32(53)54/h2*1-3,12,19-22H,4-11,13-16,33-34H2,(H,35,47)(H,36,48)(H,37,49)(H,38,50)(H,39,41)(H,40,42)(H,43,44)(H,45,46)(H,51,52)(H,53,54). The van der Waals surface area contributed by atoms with Crippen molar-refractivity contribution in [3.63, 3.8) is 0 Å². The largest absolute Gasteiger partial charge is 0.480 e. The van der Waals surface area contributed by atoms with Gasteiger partial charge in [-0.1, -0.05) is 98.5 Å². The molecule has 0 radical (unpaired) electrons. The Balaban J connectivity index is 0.00000116. The molecule has 28 N–H and O–H groups in total. The predicted molar refractivity (Wildman–Crippen MR) is 432 cm³/mol. The number of carbonyl (C=O) groups excluding carboxylic acids is 12. The van der Waals surface area contributed by atoms with E-state index in [9.17, 15) is 95.9 Å². The Bertz CT molecular complexity index is 3260. The van der Waals surface area contributed by atoms with E-state index < -0.39 is 193 Å².